The molecule has 0 saturated carbocycles. The van der Waals surface area contributed by atoms with Crippen molar-refractivity contribution in [2.75, 3.05) is 31.1 Å². The summed E-state index contributed by atoms with van der Waals surface area (Å²) in [5.41, 5.74) is 1.69. The Balaban J connectivity index is 1.18. The molecule has 3 aromatic rings. The highest BCUT2D eigenvalue weighted by atomic mass is 16.2. The van der Waals surface area contributed by atoms with Gasteiger partial charge in [0, 0.05) is 31.9 Å². The van der Waals surface area contributed by atoms with Gasteiger partial charge in [0.25, 0.3) is 5.56 Å². The standard InChI is InChI=1S/C22H27N9O2/c1-16-17(3-4-18(24-16)31-15-23-26-27-31)7-11-29-12-8-22(9-13-29)10-14-30(21(22)33)19-5-6-20(32)28(2)25-19/h3-6,15H,7-14H2,1-2H3. The van der Waals surface area contributed by atoms with E-state index in [1.54, 1.807) is 22.7 Å². The molecule has 0 unspecified atom stereocenters. The largest absolute Gasteiger partial charge is 0.303 e. The number of tetrazole rings is 1. The van der Waals surface area contributed by atoms with E-state index < -0.39 is 0 Å². The topological polar surface area (TPSA) is 115 Å². The molecule has 2 fully saturated rings. The Hall–Kier alpha value is -3.47. The summed E-state index contributed by atoms with van der Waals surface area (Å²) in [6.45, 7) is 5.39. The van der Waals surface area contributed by atoms with Crippen molar-refractivity contribution >= 4 is 11.7 Å². The van der Waals surface area contributed by atoms with Crippen LogP contribution in [-0.2, 0) is 18.3 Å². The van der Waals surface area contributed by atoms with Crippen LogP contribution < -0.4 is 10.5 Å². The molecule has 0 radical (unpaired) electrons. The van der Waals surface area contributed by atoms with E-state index >= 15 is 0 Å². The second kappa shape index (κ2) is 8.47. The maximum absolute atomic E-state index is 13.3. The van der Waals surface area contributed by atoms with Crippen molar-refractivity contribution in [2.45, 2.75) is 32.6 Å². The van der Waals surface area contributed by atoms with Gasteiger partial charge in [-0.2, -0.15) is 9.78 Å². The van der Waals surface area contributed by atoms with Gasteiger partial charge >= 0.3 is 0 Å². The van der Waals surface area contributed by atoms with E-state index in [1.807, 2.05) is 13.0 Å². The zero-order chi connectivity index (χ0) is 23.0. The van der Waals surface area contributed by atoms with Crippen LogP contribution in [0.25, 0.3) is 5.82 Å². The van der Waals surface area contributed by atoms with Crippen molar-refractivity contribution in [3.8, 4) is 5.82 Å². The van der Waals surface area contributed by atoms with Crippen molar-refractivity contribution in [3.05, 3.63) is 52.2 Å². The average molecular weight is 450 g/mol. The van der Waals surface area contributed by atoms with Crippen molar-refractivity contribution in [1.29, 1.82) is 0 Å². The van der Waals surface area contributed by atoms with Crippen LogP contribution >= 0.6 is 0 Å². The van der Waals surface area contributed by atoms with E-state index in [-0.39, 0.29) is 16.9 Å². The van der Waals surface area contributed by atoms with Gasteiger partial charge in [-0.3, -0.25) is 14.5 Å². The summed E-state index contributed by atoms with van der Waals surface area (Å²) in [5.74, 6) is 1.42. The molecule has 0 aromatic carbocycles. The number of rotatable bonds is 5. The summed E-state index contributed by atoms with van der Waals surface area (Å²) in [4.78, 5) is 33.7. The fourth-order valence-corrected chi connectivity index (χ4v) is 4.85. The van der Waals surface area contributed by atoms with Gasteiger partial charge in [0.15, 0.2) is 11.6 Å². The molecule has 0 atom stereocenters. The van der Waals surface area contributed by atoms with Gasteiger partial charge < -0.3 is 4.90 Å². The first-order chi connectivity index (χ1) is 15.9. The highest BCUT2D eigenvalue weighted by Crippen LogP contribution is 2.42. The third-order valence-electron chi connectivity index (χ3n) is 7.01. The highest BCUT2D eigenvalue weighted by molar-refractivity contribution is 5.99. The maximum atomic E-state index is 13.3. The lowest BCUT2D eigenvalue weighted by atomic mass is 9.77. The van der Waals surface area contributed by atoms with Gasteiger partial charge in [-0.05, 0) is 73.8 Å². The van der Waals surface area contributed by atoms with Crippen LogP contribution in [0, 0.1) is 12.3 Å². The molecule has 11 nitrogen and oxygen atoms in total. The first kappa shape index (κ1) is 21.4. The fourth-order valence-electron chi connectivity index (χ4n) is 4.85. The highest BCUT2D eigenvalue weighted by Gasteiger charge is 2.48. The Morgan fingerprint density at radius 3 is 2.45 bits per heavy atom. The van der Waals surface area contributed by atoms with E-state index in [0.29, 0.717) is 18.2 Å². The van der Waals surface area contributed by atoms with Crippen LogP contribution in [0.5, 0.6) is 0 Å². The number of anilines is 1. The lowest BCUT2D eigenvalue weighted by molar-refractivity contribution is -0.128. The van der Waals surface area contributed by atoms with E-state index in [0.717, 1.165) is 51.0 Å². The Kier molecular flexibility index (Phi) is 5.49. The lowest BCUT2D eigenvalue weighted by Gasteiger charge is -2.38. The normalized spacial score (nSPS) is 18.4. The minimum Gasteiger partial charge on any atom is -0.303 e. The number of piperidine rings is 1. The van der Waals surface area contributed by atoms with Crippen LogP contribution in [0.4, 0.5) is 5.82 Å². The van der Waals surface area contributed by atoms with E-state index in [1.165, 1.54) is 22.6 Å². The molecule has 33 heavy (non-hydrogen) atoms. The molecule has 0 aliphatic carbocycles. The minimum atomic E-state index is -0.308. The van der Waals surface area contributed by atoms with Gasteiger partial charge in [0.1, 0.15) is 6.33 Å². The molecule has 3 aromatic heterocycles. The molecule has 0 N–H and O–H groups in total. The smallest absolute Gasteiger partial charge is 0.266 e. The third kappa shape index (κ3) is 4.04. The molecule has 5 heterocycles. The zero-order valence-corrected chi connectivity index (χ0v) is 18.9. The molecule has 2 saturated heterocycles. The quantitative estimate of drug-likeness (QED) is 0.554. The van der Waals surface area contributed by atoms with Gasteiger partial charge in [-0.1, -0.05) is 6.07 Å². The van der Waals surface area contributed by atoms with Crippen LogP contribution in [-0.4, -0.2) is 72.0 Å². The predicted molar refractivity (Wildman–Crippen MR) is 120 cm³/mol. The van der Waals surface area contributed by atoms with Gasteiger partial charge in [0.05, 0.1) is 5.41 Å². The van der Waals surface area contributed by atoms with Crippen molar-refractivity contribution in [2.24, 2.45) is 12.5 Å². The van der Waals surface area contributed by atoms with Crippen LogP contribution in [0.15, 0.2) is 35.4 Å². The summed E-state index contributed by atoms with van der Waals surface area (Å²) in [6, 6.07) is 7.14. The number of pyridine rings is 1. The first-order valence-corrected chi connectivity index (χ1v) is 11.2. The number of aryl methyl sites for hydroxylation is 2. The predicted octanol–water partition coefficient (Wildman–Crippen LogP) is 0.521. The number of aromatic nitrogens is 7. The van der Waals surface area contributed by atoms with E-state index in [2.05, 4.69) is 36.6 Å². The molecule has 5 rings (SSSR count). The first-order valence-electron chi connectivity index (χ1n) is 11.2. The van der Waals surface area contributed by atoms with Crippen LogP contribution in [0.1, 0.15) is 30.5 Å². The summed E-state index contributed by atoms with van der Waals surface area (Å²) >= 11 is 0. The molecule has 1 spiro atoms. The molecule has 2 aliphatic heterocycles. The zero-order valence-electron chi connectivity index (χ0n) is 18.9. The lowest BCUT2D eigenvalue weighted by Crippen LogP contribution is -2.45. The SMILES string of the molecule is Cc1nc(-n2cnnn2)ccc1CCN1CCC2(CC1)CCN(c1ccc(=O)n(C)n1)C2=O. The number of amides is 1. The van der Waals surface area contributed by atoms with E-state index in [9.17, 15) is 9.59 Å². The van der Waals surface area contributed by atoms with Crippen molar-refractivity contribution in [3.63, 3.8) is 0 Å². The fraction of sp³-hybridized carbons (Fsp3) is 0.500. The van der Waals surface area contributed by atoms with Gasteiger partial charge in [-0.15, -0.1) is 5.10 Å². The second-order valence-corrected chi connectivity index (χ2v) is 8.90. The average Bonchev–Trinajstić information content (AvgIpc) is 3.46. The second-order valence-electron chi connectivity index (χ2n) is 8.90. The van der Waals surface area contributed by atoms with Crippen LogP contribution in [0.3, 0.4) is 0 Å². The molecule has 1 amide bonds. The Morgan fingerprint density at radius 1 is 1.00 bits per heavy atom. The molecule has 2 aliphatic rings. The monoisotopic (exact) mass is 449 g/mol. The van der Waals surface area contributed by atoms with Crippen LogP contribution in [0.2, 0.25) is 0 Å². The molecular weight excluding hydrogens is 422 g/mol. The van der Waals surface area contributed by atoms with Gasteiger partial charge in [-0.25, -0.2) is 9.67 Å². The molecular formula is C22H27N9O2. The summed E-state index contributed by atoms with van der Waals surface area (Å²) in [7, 11) is 1.61. The van der Waals surface area contributed by atoms with Crippen molar-refractivity contribution < 1.29 is 4.79 Å². The Morgan fingerprint density at radius 2 is 1.76 bits per heavy atom. The summed E-state index contributed by atoms with van der Waals surface area (Å²) < 4.78 is 2.83. The number of hydrogen-bond acceptors (Lipinski definition) is 8. The summed E-state index contributed by atoms with van der Waals surface area (Å²) in [5, 5.41) is 15.5. The van der Waals surface area contributed by atoms with Crippen molar-refractivity contribution in [1.82, 2.24) is 39.9 Å². The Bertz CT molecular complexity index is 1210. The number of likely N-dealkylation sites (tertiary alicyclic amines) is 1. The number of carbonyl (C=O) groups excluding carboxylic acids is 1. The Labute approximate surface area is 191 Å². The van der Waals surface area contributed by atoms with E-state index in [4.69, 9.17) is 0 Å². The number of nitrogens with zero attached hydrogens (tertiary/aromatic N) is 9. The minimum absolute atomic E-state index is 0.145. The maximum Gasteiger partial charge on any atom is 0.266 e. The molecule has 11 heteroatoms. The number of carbonyl (C=O) groups is 1. The third-order valence-corrected chi connectivity index (χ3v) is 7.01. The molecule has 0 bridgehead atoms. The summed E-state index contributed by atoms with van der Waals surface area (Å²) in [6.07, 6.45) is 4.98. The number of hydrogen-bond donors (Lipinski definition) is 0. The molecule has 172 valence electrons. The van der Waals surface area contributed by atoms with Gasteiger partial charge in [0.2, 0.25) is 5.91 Å².